The van der Waals surface area contributed by atoms with Gasteiger partial charge >= 0.3 is 5.97 Å². The predicted octanol–water partition coefficient (Wildman–Crippen LogP) is 2.28. The Morgan fingerprint density at radius 2 is 2.37 bits per heavy atom. The first kappa shape index (κ1) is 14.1. The number of thioether (sulfide) groups is 1. The summed E-state index contributed by atoms with van der Waals surface area (Å²) in [6, 6.07) is 1.40. The van der Waals surface area contributed by atoms with E-state index < -0.39 is 12.0 Å². The van der Waals surface area contributed by atoms with Crippen LogP contribution in [0.2, 0.25) is 0 Å². The van der Waals surface area contributed by atoms with Crippen LogP contribution in [0.3, 0.4) is 0 Å². The molecule has 19 heavy (non-hydrogen) atoms. The molecule has 1 saturated heterocycles. The number of rotatable bonds is 4. The minimum Gasteiger partial charge on any atom is -0.480 e. The van der Waals surface area contributed by atoms with Crippen molar-refractivity contribution in [1.82, 2.24) is 9.97 Å². The monoisotopic (exact) mass is 281 g/mol. The van der Waals surface area contributed by atoms with Crippen molar-refractivity contribution in [1.29, 1.82) is 0 Å². The molecular formula is C13H19N3O2S. The maximum atomic E-state index is 11.5. The molecule has 5 nitrogen and oxygen atoms in total. The maximum Gasteiger partial charge on any atom is 0.326 e. The minimum atomic E-state index is -0.762. The van der Waals surface area contributed by atoms with Crippen LogP contribution in [-0.4, -0.2) is 39.9 Å². The SMILES string of the molecule is CCC1CCN(c2cc(SC)ncn2)C(C(=O)O)C1. The topological polar surface area (TPSA) is 66.3 Å². The molecule has 1 aromatic heterocycles. The van der Waals surface area contributed by atoms with Gasteiger partial charge in [-0.2, -0.15) is 0 Å². The summed E-state index contributed by atoms with van der Waals surface area (Å²) in [4.78, 5) is 21.7. The number of hydrogen-bond donors (Lipinski definition) is 1. The summed E-state index contributed by atoms with van der Waals surface area (Å²) in [5.41, 5.74) is 0. The molecule has 0 aliphatic carbocycles. The van der Waals surface area contributed by atoms with Crippen LogP contribution in [0.5, 0.6) is 0 Å². The average molecular weight is 281 g/mol. The van der Waals surface area contributed by atoms with Crippen LogP contribution in [0.25, 0.3) is 0 Å². The Hall–Kier alpha value is -1.30. The molecule has 1 aromatic rings. The molecule has 0 aromatic carbocycles. The molecule has 2 atom stereocenters. The number of aliphatic carboxylic acids is 1. The molecule has 1 aliphatic rings. The third kappa shape index (κ3) is 3.18. The van der Waals surface area contributed by atoms with Crippen molar-refractivity contribution >= 4 is 23.5 Å². The van der Waals surface area contributed by atoms with Gasteiger partial charge in [0.25, 0.3) is 0 Å². The average Bonchev–Trinajstić information content (AvgIpc) is 2.46. The Kier molecular flexibility index (Phi) is 4.63. The molecule has 1 aliphatic heterocycles. The molecular weight excluding hydrogens is 262 g/mol. The number of carbonyl (C=O) groups is 1. The zero-order valence-corrected chi connectivity index (χ0v) is 12.1. The molecule has 1 N–H and O–H groups in total. The van der Waals surface area contributed by atoms with E-state index in [9.17, 15) is 9.90 Å². The third-order valence-electron chi connectivity index (χ3n) is 3.70. The van der Waals surface area contributed by atoms with E-state index >= 15 is 0 Å². The third-order valence-corrected chi connectivity index (χ3v) is 4.35. The largest absolute Gasteiger partial charge is 0.480 e. The first-order chi connectivity index (χ1) is 9.15. The van der Waals surface area contributed by atoms with Gasteiger partial charge in [-0.05, 0) is 25.0 Å². The summed E-state index contributed by atoms with van der Waals surface area (Å²) in [7, 11) is 0. The van der Waals surface area contributed by atoms with Gasteiger partial charge in [-0.25, -0.2) is 14.8 Å². The van der Waals surface area contributed by atoms with Crippen molar-refractivity contribution in [2.24, 2.45) is 5.92 Å². The number of aromatic nitrogens is 2. The smallest absolute Gasteiger partial charge is 0.326 e. The number of anilines is 1. The lowest BCUT2D eigenvalue weighted by atomic mass is 9.89. The molecule has 1 fully saturated rings. The van der Waals surface area contributed by atoms with Crippen LogP contribution in [0.4, 0.5) is 5.82 Å². The van der Waals surface area contributed by atoms with Gasteiger partial charge in [0, 0.05) is 12.6 Å². The summed E-state index contributed by atoms with van der Waals surface area (Å²) < 4.78 is 0. The van der Waals surface area contributed by atoms with Crippen molar-refractivity contribution < 1.29 is 9.90 Å². The van der Waals surface area contributed by atoms with Crippen molar-refractivity contribution in [3.8, 4) is 0 Å². The molecule has 0 radical (unpaired) electrons. The first-order valence-corrected chi connectivity index (χ1v) is 7.73. The van der Waals surface area contributed by atoms with Gasteiger partial charge in [0.15, 0.2) is 0 Å². The highest BCUT2D eigenvalue weighted by Gasteiger charge is 2.33. The van der Waals surface area contributed by atoms with Crippen LogP contribution < -0.4 is 4.90 Å². The molecule has 104 valence electrons. The molecule has 6 heteroatoms. The standard InChI is InChI=1S/C13H19N3O2S/c1-3-9-4-5-16(10(6-9)13(17)18)11-7-12(19-2)15-8-14-11/h7-10H,3-6H2,1-2H3,(H,17,18). The van der Waals surface area contributed by atoms with Gasteiger partial charge in [-0.1, -0.05) is 13.3 Å². The van der Waals surface area contributed by atoms with E-state index in [1.54, 1.807) is 0 Å². The van der Waals surface area contributed by atoms with Crippen LogP contribution >= 0.6 is 11.8 Å². The lowest BCUT2D eigenvalue weighted by molar-refractivity contribution is -0.139. The van der Waals surface area contributed by atoms with E-state index in [0.717, 1.165) is 30.2 Å². The van der Waals surface area contributed by atoms with Crippen molar-refractivity contribution in [2.75, 3.05) is 17.7 Å². The number of carboxylic acid groups (broad SMARTS) is 1. The normalized spacial score (nSPS) is 23.4. The van der Waals surface area contributed by atoms with Crippen LogP contribution in [0, 0.1) is 5.92 Å². The van der Waals surface area contributed by atoms with Gasteiger partial charge in [-0.15, -0.1) is 11.8 Å². The Labute approximate surface area is 117 Å². The highest BCUT2D eigenvalue weighted by Crippen LogP contribution is 2.29. The molecule has 0 amide bonds. The molecule has 0 bridgehead atoms. The molecule has 0 spiro atoms. The Bertz CT molecular complexity index is 455. The summed E-state index contributed by atoms with van der Waals surface area (Å²) in [5, 5.41) is 10.3. The number of hydrogen-bond acceptors (Lipinski definition) is 5. The van der Waals surface area contributed by atoms with Crippen molar-refractivity contribution in [3.05, 3.63) is 12.4 Å². The van der Waals surface area contributed by atoms with Gasteiger partial charge in [0.2, 0.25) is 0 Å². The lowest BCUT2D eigenvalue weighted by Gasteiger charge is -2.37. The number of nitrogens with zero attached hydrogens (tertiary/aromatic N) is 3. The van der Waals surface area contributed by atoms with Crippen LogP contribution in [0.1, 0.15) is 26.2 Å². The van der Waals surface area contributed by atoms with E-state index in [4.69, 9.17) is 0 Å². The summed E-state index contributed by atoms with van der Waals surface area (Å²) in [5.74, 6) is 0.461. The predicted molar refractivity (Wildman–Crippen MR) is 75.6 cm³/mol. The molecule has 2 rings (SSSR count). The van der Waals surface area contributed by atoms with E-state index in [0.29, 0.717) is 12.3 Å². The van der Waals surface area contributed by atoms with Gasteiger partial charge in [-0.3, -0.25) is 0 Å². The fourth-order valence-electron chi connectivity index (χ4n) is 2.52. The van der Waals surface area contributed by atoms with Gasteiger partial charge < -0.3 is 10.0 Å². The Balaban J connectivity index is 2.23. The minimum absolute atomic E-state index is 0.469. The van der Waals surface area contributed by atoms with Crippen LogP contribution in [-0.2, 0) is 4.79 Å². The van der Waals surface area contributed by atoms with E-state index in [1.807, 2.05) is 17.2 Å². The second-order valence-electron chi connectivity index (χ2n) is 4.76. The highest BCUT2D eigenvalue weighted by molar-refractivity contribution is 7.98. The van der Waals surface area contributed by atoms with Crippen molar-refractivity contribution in [3.63, 3.8) is 0 Å². The van der Waals surface area contributed by atoms with Gasteiger partial charge in [0.1, 0.15) is 23.2 Å². The Morgan fingerprint density at radius 3 is 3.00 bits per heavy atom. The first-order valence-electron chi connectivity index (χ1n) is 6.51. The van der Waals surface area contributed by atoms with Crippen molar-refractivity contribution in [2.45, 2.75) is 37.3 Å². The van der Waals surface area contributed by atoms with E-state index in [2.05, 4.69) is 16.9 Å². The second-order valence-corrected chi connectivity index (χ2v) is 5.59. The zero-order chi connectivity index (χ0) is 13.8. The Morgan fingerprint density at radius 1 is 1.58 bits per heavy atom. The quantitative estimate of drug-likeness (QED) is 0.674. The summed E-state index contributed by atoms with van der Waals surface area (Å²) in [6.45, 7) is 2.87. The lowest BCUT2D eigenvalue weighted by Crippen LogP contribution is -2.47. The van der Waals surface area contributed by atoms with E-state index in [-0.39, 0.29) is 0 Å². The highest BCUT2D eigenvalue weighted by atomic mass is 32.2. The molecule has 2 heterocycles. The summed E-state index contributed by atoms with van der Waals surface area (Å²) in [6.07, 6.45) is 6.22. The fourth-order valence-corrected chi connectivity index (χ4v) is 2.89. The molecule has 0 saturated carbocycles. The van der Waals surface area contributed by atoms with Gasteiger partial charge in [0.05, 0.1) is 0 Å². The fraction of sp³-hybridized carbons (Fsp3) is 0.615. The number of piperidine rings is 1. The van der Waals surface area contributed by atoms with E-state index in [1.165, 1.54) is 18.1 Å². The molecule has 2 unspecified atom stereocenters. The summed E-state index contributed by atoms with van der Waals surface area (Å²) >= 11 is 1.54. The van der Waals surface area contributed by atoms with Crippen LogP contribution in [0.15, 0.2) is 17.4 Å². The number of carboxylic acids is 1. The zero-order valence-electron chi connectivity index (χ0n) is 11.2. The maximum absolute atomic E-state index is 11.5. The second kappa shape index (κ2) is 6.23.